The summed E-state index contributed by atoms with van der Waals surface area (Å²) in [7, 11) is 0. The number of carbonyl (C=O) groups excluding carboxylic acids is 1. The average molecular weight is 348 g/mol. The van der Waals surface area contributed by atoms with Gasteiger partial charge >= 0.3 is 0 Å². The van der Waals surface area contributed by atoms with E-state index in [1.807, 2.05) is 23.1 Å². The summed E-state index contributed by atoms with van der Waals surface area (Å²) < 4.78 is 16.6. The Morgan fingerprint density at radius 3 is 3.00 bits per heavy atom. The number of piperidine rings is 1. The van der Waals surface area contributed by atoms with Crippen LogP contribution in [0.15, 0.2) is 18.2 Å². The molecule has 1 N–H and O–H groups in total. The molecule has 0 bridgehead atoms. The predicted octanol–water partition coefficient (Wildman–Crippen LogP) is 2.68. The lowest BCUT2D eigenvalue weighted by Crippen LogP contribution is -2.46. The van der Waals surface area contributed by atoms with E-state index in [0.717, 1.165) is 49.4 Å². The van der Waals surface area contributed by atoms with Gasteiger partial charge in [-0.05, 0) is 31.4 Å². The first-order chi connectivity index (χ1) is 12.3. The van der Waals surface area contributed by atoms with E-state index in [0.29, 0.717) is 26.4 Å². The number of amides is 1. The minimum atomic E-state index is 0.0878. The number of nitrogens with zero attached hydrogens (tertiary/aromatic N) is 1. The van der Waals surface area contributed by atoms with Gasteiger partial charge in [-0.1, -0.05) is 13.3 Å². The second kappa shape index (κ2) is 8.94. The molecule has 2 heterocycles. The van der Waals surface area contributed by atoms with Crippen molar-refractivity contribution in [2.75, 3.05) is 44.8 Å². The normalized spacial score (nSPS) is 19.6. The predicted molar refractivity (Wildman–Crippen MR) is 96.4 cm³/mol. The first kappa shape index (κ1) is 17.9. The molecule has 0 aliphatic carbocycles. The van der Waals surface area contributed by atoms with Crippen molar-refractivity contribution in [3.8, 4) is 11.5 Å². The third-order valence-electron chi connectivity index (χ3n) is 4.55. The van der Waals surface area contributed by atoms with Crippen LogP contribution in [0.4, 0.5) is 5.69 Å². The van der Waals surface area contributed by atoms with E-state index >= 15 is 0 Å². The molecule has 1 saturated heterocycles. The molecule has 1 aromatic rings. The lowest BCUT2D eigenvalue weighted by Gasteiger charge is -2.34. The van der Waals surface area contributed by atoms with Gasteiger partial charge in [0.25, 0.3) is 0 Å². The van der Waals surface area contributed by atoms with Gasteiger partial charge in [0, 0.05) is 37.5 Å². The molecular formula is C19H28N2O4. The summed E-state index contributed by atoms with van der Waals surface area (Å²) in [5.41, 5.74) is 1.00. The lowest BCUT2D eigenvalue weighted by atomic mass is 10.1. The molecule has 1 aromatic carbocycles. The molecule has 6 nitrogen and oxygen atoms in total. The Bertz CT molecular complexity index is 579. The average Bonchev–Trinajstić information content (AvgIpc) is 2.65. The third kappa shape index (κ3) is 5.01. The van der Waals surface area contributed by atoms with E-state index in [1.54, 1.807) is 0 Å². The summed E-state index contributed by atoms with van der Waals surface area (Å²) >= 11 is 0. The number of hydrogen-bond acceptors (Lipinski definition) is 5. The second-order valence-electron chi connectivity index (χ2n) is 6.59. The molecule has 0 spiro atoms. The van der Waals surface area contributed by atoms with Gasteiger partial charge in [-0.25, -0.2) is 0 Å². The topological polar surface area (TPSA) is 60.0 Å². The van der Waals surface area contributed by atoms with Crippen molar-refractivity contribution >= 4 is 11.6 Å². The van der Waals surface area contributed by atoms with Crippen LogP contribution in [-0.4, -0.2) is 56.4 Å². The van der Waals surface area contributed by atoms with Crippen LogP contribution in [-0.2, 0) is 9.53 Å². The fourth-order valence-electron chi connectivity index (χ4n) is 3.19. The number of anilines is 1. The van der Waals surface area contributed by atoms with E-state index in [9.17, 15) is 4.79 Å². The first-order valence-corrected chi connectivity index (χ1v) is 9.28. The van der Waals surface area contributed by atoms with Gasteiger partial charge in [0.15, 0.2) is 11.5 Å². The van der Waals surface area contributed by atoms with Crippen molar-refractivity contribution in [3.05, 3.63) is 18.2 Å². The van der Waals surface area contributed by atoms with Crippen molar-refractivity contribution in [2.45, 2.75) is 38.6 Å². The third-order valence-corrected chi connectivity index (χ3v) is 4.55. The summed E-state index contributed by atoms with van der Waals surface area (Å²) in [6.07, 6.45) is 4.14. The smallest absolute Gasteiger partial charge is 0.248 e. The van der Waals surface area contributed by atoms with Crippen LogP contribution in [0.2, 0.25) is 0 Å². The van der Waals surface area contributed by atoms with Gasteiger partial charge in [-0.15, -0.1) is 0 Å². The maximum atomic E-state index is 12.3. The summed E-state index contributed by atoms with van der Waals surface area (Å²) in [4.78, 5) is 14.2. The molecule has 25 heavy (non-hydrogen) atoms. The standard InChI is InChI=1S/C19H28N2O4/c1-2-3-9-23-14-19(22)21-8-4-5-16(13-21)20-15-6-7-17-18(12-15)25-11-10-24-17/h6-7,12,16,20H,2-5,8-11,13-14H2,1H3/t16-/m1/s1. The van der Waals surface area contributed by atoms with Gasteiger partial charge in [0.2, 0.25) is 5.91 Å². The number of nitrogens with one attached hydrogen (secondary N) is 1. The first-order valence-electron chi connectivity index (χ1n) is 9.28. The molecule has 0 radical (unpaired) electrons. The van der Waals surface area contributed by atoms with Crippen molar-refractivity contribution in [1.29, 1.82) is 0 Å². The summed E-state index contributed by atoms with van der Waals surface area (Å²) in [6.45, 7) is 5.68. The Balaban J connectivity index is 1.50. The molecule has 1 fully saturated rings. The number of unbranched alkanes of at least 4 members (excludes halogenated alkanes) is 1. The number of rotatable bonds is 7. The Morgan fingerprint density at radius 1 is 1.32 bits per heavy atom. The van der Waals surface area contributed by atoms with E-state index in [1.165, 1.54) is 0 Å². The molecule has 0 saturated carbocycles. The molecule has 0 aromatic heterocycles. The van der Waals surface area contributed by atoms with Crippen LogP contribution < -0.4 is 14.8 Å². The maximum absolute atomic E-state index is 12.3. The molecule has 2 aliphatic rings. The molecule has 0 unspecified atom stereocenters. The minimum Gasteiger partial charge on any atom is -0.486 e. The number of hydrogen-bond donors (Lipinski definition) is 1. The van der Waals surface area contributed by atoms with Crippen LogP contribution in [0.5, 0.6) is 11.5 Å². The molecule has 2 aliphatic heterocycles. The Hall–Kier alpha value is -1.95. The molecule has 3 rings (SSSR count). The van der Waals surface area contributed by atoms with Crippen LogP contribution in [0.25, 0.3) is 0 Å². The van der Waals surface area contributed by atoms with Crippen LogP contribution in [0.1, 0.15) is 32.6 Å². The number of carbonyl (C=O) groups is 1. The Labute approximate surface area is 149 Å². The number of ether oxygens (including phenoxy) is 3. The van der Waals surface area contributed by atoms with Crippen LogP contribution in [0.3, 0.4) is 0 Å². The van der Waals surface area contributed by atoms with E-state index in [4.69, 9.17) is 14.2 Å². The number of benzene rings is 1. The van der Waals surface area contributed by atoms with E-state index in [-0.39, 0.29) is 18.6 Å². The van der Waals surface area contributed by atoms with Crippen molar-refractivity contribution in [1.82, 2.24) is 4.90 Å². The van der Waals surface area contributed by atoms with Gasteiger partial charge in [-0.3, -0.25) is 4.79 Å². The second-order valence-corrected chi connectivity index (χ2v) is 6.59. The monoisotopic (exact) mass is 348 g/mol. The molecule has 1 amide bonds. The largest absolute Gasteiger partial charge is 0.486 e. The quantitative estimate of drug-likeness (QED) is 0.768. The Kier molecular flexibility index (Phi) is 6.39. The zero-order chi connectivity index (χ0) is 17.5. The number of fused-ring (bicyclic) bond motifs is 1. The van der Waals surface area contributed by atoms with Gasteiger partial charge in [-0.2, -0.15) is 0 Å². The van der Waals surface area contributed by atoms with Crippen LogP contribution >= 0.6 is 0 Å². The van der Waals surface area contributed by atoms with Gasteiger partial charge in [0.05, 0.1) is 0 Å². The zero-order valence-corrected chi connectivity index (χ0v) is 15.0. The number of likely N-dealkylation sites (tertiary alicyclic amines) is 1. The highest BCUT2D eigenvalue weighted by Gasteiger charge is 2.24. The van der Waals surface area contributed by atoms with Gasteiger partial charge < -0.3 is 24.4 Å². The maximum Gasteiger partial charge on any atom is 0.248 e. The van der Waals surface area contributed by atoms with Crippen molar-refractivity contribution in [2.24, 2.45) is 0 Å². The van der Waals surface area contributed by atoms with Crippen molar-refractivity contribution < 1.29 is 19.0 Å². The molecule has 6 heteroatoms. The minimum absolute atomic E-state index is 0.0878. The fourth-order valence-corrected chi connectivity index (χ4v) is 3.19. The highest BCUT2D eigenvalue weighted by molar-refractivity contribution is 5.77. The summed E-state index contributed by atoms with van der Waals surface area (Å²) in [5, 5.41) is 3.52. The SMILES string of the molecule is CCCCOCC(=O)N1CCC[C@@H](Nc2ccc3c(c2)OCCO3)C1. The Morgan fingerprint density at radius 2 is 2.16 bits per heavy atom. The molecule has 1 atom stereocenters. The van der Waals surface area contributed by atoms with Crippen molar-refractivity contribution in [3.63, 3.8) is 0 Å². The fraction of sp³-hybridized carbons (Fsp3) is 0.632. The highest BCUT2D eigenvalue weighted by Crippen LogP contribution is 2.33. The summed E-state index contributed by atoms with van der Waals surface area (Å²) in [6, 6.07) is 6.16. The molecule has 138 valence electrons. The summed E-state index contributed by atoms with van der Waals surface area (Å²) in [5.74, 6) is 1.66. The lowest BCUT2D eigenvalue weighted by molar-refractivity contribution is -0.137. The zero-order valence-electron chi connectivity index (χ0n) is 15.0. The van der Waals surface area contributed by atoms with E-state index in [2.05, 4.69) is 12.2 Å². The molecular weight excluding hydrogens is 320 g/mol. The van der Waals surface area contributed by atoms with Crippen LogP contribution in [0, 0.1) is 0 Å². The van der Waals surface area contributed by atoms with E-state index < -0.39 is 0 Å². The van der Waals surface area contributed by atoms with Gasteiger partial charge in [0.1, 0.15) is 19.8 Å². The highest BCUT2D eigenvalue weighted by atomic mass is 16.6.